The summed E-state index contributed by atoms with van der Waals surface area (Å²) >= 11 is 0. The van der Waals surface area contributed by atoms with E-state index in [1.54, 1.807) is 6.07 Å². The Hall–Kier alpha value is -4.52. The van der Waals surface area contributed by atoms with Crippen LogP contribution in [0.1, 0.15) is 11.6 Å². The second-order valence-corrected chi connectivity index (χ2v) is 7.36. The van der Waals surface area contributed by atoms with Crippen LogP contribution in [-0.4, -0.2) is 37.4 Å². The summed E-state index contributed by atoms with van der Waals surface area (Å²) in [4.78, 5) is 26.5. The molecule has 0 fully saturated rings. The Balaban J connectivity index is 1.73. The Morgan fingerprint density at radius 1 is 1.25 bits per heavy atom. The number of nitrogens with two attached hydrogens (primary N) is 1. The fourth-order valence-corrected chi connectivity index (χ4v) is 4.07. The van der Waals surface area contributed by atoms with Crippen LogP contribution in [0.2, 0.25) is 0 Å². The molecule has 1 unspecified atom stereocenters. The monoisotopic (exact) mass is 429 g/mol. The van der Waals surface area contributed by atoms with Gasteiger partial charge in [0.1, 0.15) is 35.4 Å². The van der Waals surface area contributed by atoms with Crippen LogP contribution in [0.15, 0.2) is 48.8 Å². The van der Waals surface area contributed by atoms with E-state index in [0.29, 0.717) is 23.1 Å². The number of hydrogen-bond donors (Lipinski definition) is 2. The number of halogens is 1. The minimum Gasteiger partial charge on any atom is -0.508 e. The van der Waals surface area contributed by atoms with Crippen molar-refractivity contribution in [2.45, 2.75) is 12.5 Å². The number of amides is 1. The van der Waals surface area contributed by atoms with Gasteiger partial charge in [0.2, 0.25) is 0 Å². The molecule has 0 radical (unpaired) electrons. The van der Waals surface area contributed by atoms with E-state index in [1.165, 1.54) is 28.0 Å². The number of phenolic OH excluding ortho intramolecular Hbond substituents is 1. The van der Waals surface area contributed by atoms with Crippen molar-refractivity contribution in [3.63, 3.8) is 0 Å². The first kappa shape index (κ1) is 19.4. The lowest BCUT2D eigenvalue weighted by molar-refractivity contribution is -0.122. The number of rotatable bonds is 3. The third kappa shape index (κ3) is 2.99. The second kappa shape index (κ2) is 7.31. The number of benzene rings is 2. The second-order valence-electron chi connectivity index (χ2n) is 7.36. The summed E-state index contributed by atoms with van der Waals surface area (Å²) in [6, 6.07) is 10.1. The van der Waals surface area contributed by atoms with Gasteiger partial charge in [0, 0.05) is 18.1 Å². The van der Waals surface area contributed by atoms with Crippen LogP contribution in [-0.2, 0) is 11.2 Å². The SMILES string of the molecule is [C-]#[N+]CN1C(=O)C(n2nc(-c3cc(O)cc(F)c3)c3c(N)ncnc32)Cc2ccccc21. The molecule has 2 aromatic heterocycles. The zero-order chi connectivity index (χ0) is 22.4. The van der Waals surface area contributed by atoms with Gasteiger partial charge in [0.15, 0.2) is 5.65 Å². The van der Waals surface area contributed by atoms with E-state index < -0.39 is 11.9 Å². The van der Waals surface area contributed by atoms with Crippen molar-refractivity contribution in [1.29, 1.82) is 0 Å². The van der Waals surface area contributed by atoms with Crippen molar-refractivity contribution in [1.82, 2.24) is 19.7 Å². The Bertz CT molecular complexity index is 1410. The molecule has 3 heterocycles. The minimum atomic E-state index is -0.792. The van der Waals surface area contributed by atoms with Crippen molar-refractivity contribution in [3.8, 4) is 17.0 Å². The quantitative estimate of drug-likeness (QED) is 0.484. The molecule has 158 valence electrons. The lowest BCUT2D eigenvalue weighted by Gasteiger charge is -2.31. The van der Waals surface area contributed by atoms with Crippen LogP contribution in [0.4, 0.5) is 15.9 Å². The van der Waals surface area contributed by atoms with Gasteiger partial charge in [0.25, 0.3) is 12.6 Å². The fourth-order valence-electron chi connectivity index (χ4n) is 4.07. The number of aromatic nitrogens is 4. The van der Waals surface area contributed by atoms with Crippen molar-refractivity contribution < 1.29 is 14.3 Å². The maximum atomic E-state index is 14.0. The van der Waals surface area contributed by atoms with Crippen molar-refractivity contribution >= 4 is 28.4 Å². The van der Waals surface area contributed by atoms with Crippen LogP contribution in [0.25, 0.3) is 27.1 Å². The van der Waals surface area contributed by atoms with Gasteiger partial charge in [-0.25, -0.2) is 30.5 Å². The first-order valence-electron chi connectivity index (χ1n) is 9.69. The number of aromatic hydroxyl groups is 1. The molecule has 1 aliphatic heterocycles. The number of para-hydroxylation sites is 1. The van der Waals surface area contributed by atoms with Gasteiger partial charge in [-0.1, -0.05) is 18.2 Å². The molecule has 4 aromatic rings. The van der Waals surface area contributed by atoms with Crippen molar-refractivity contribution in [2.75, 3.05) is 17.3 Å². The van der Waals surface area contributed by atoms with Crippen LogP contribution >= 0.6 is 0 Å². The van der Waals surface area contributed by atoms with Gasteiger partial charge >= 0.3 is 0 Å². The van der Waals surface area contributed by atoms with Gasteiger partial charge in [0.05, 0.1) is 11.1 Å². The van der Waals surface area contributed by atoms with E-state index in [4.69, 9.17) is 12.3 Å². The van der Waals surface area contributed by atoms with Gasteiger partial charge < -0.3 is 10.8 Å². The molecule has 0 aliphatic carbocycles. The third-order valence-corrected chi connectivity index (χ3v) is 5.43. The van der Waals surface area contributed by atoms with Crippen LogP contribution in [0, 0.1) is 12.4 Å². The van der Waals surface area contributed by atoms with Crippen LogP contribution in [0.3, 0.4) is 0 Å². The fraction of sp³-hybridized carbons (Fsp3) is 0.136. The summed E-state index contributed by atoms with van der Waals surface area (Å²) in [5.41, 5.74) is 8.50. The molecule has 32 heavy (non-hydrogen) atoms. The Morgan fingerprint density at radius 2 is 2.06 bits per heavy atom. The van der Waals surface area contributed by atoms with Gasteiger partial charge in [-0.2, -0.15) is 5.10 Å². The predicted molar refractivity (Wildman–Crippen MR) is 115 cm³/mol. The summed E-state index contributed by atoms with van der Waals surface area (Å²) < 4.78 is 15.4. The van der Waals surface area contributed by atoms with E-state index in [2.05, 4.69) is 19.9 Å². The van der Waals surface area contributed by atoms with Crippen molar-refractivity contribution in [3.05, 3.63) is 71.6 Å². The Morgan fingerprint density at radius 3 is 2.84 bits per heavy atom. The predicted octanol–water partition coefficient (Wildman–Crippen LogP) is 2.93. The summed E-state index contributed by atoms with van der Waals surface area (Å²) in [7, 11) is 0. The molecule has 0 bridgehead atoms. The zero-order valence-electron chi connectivity index (χ0n) is 16.6. The average Bonchev–Trinajstić information content (AvgIpc) is 3.16. The third-order valence-electron chi connectivity index (χ3n) is 5.43. The van der Waals surface area contributed by atoms with Gasteiger partial charge in [-0.3, -0.25) is 9.64 Å². The molecule has 0 spiro atoms. The smallest absolute Gasteiger partial charge is 0.295 e. The first-order valence-corrected chi connectivity index (χ1v) is 9.69. The standard InChI is InChI=1S/C22H16FN7O2/c1-25-11-29-16-5-3-2-4-12(16)8-17(22(29)32)30-21-18(20(24)26-10-27-21)19(28-30)13-6-14(23)9-15(31)7-13/h2-7,9-10,17,31H,8,11H2,(H2,24,26,27). The summed E-state index contributed by atoms with van der Waals surface area (Å²) in [5, 5.41) is 14.8. The summed E-state index contributed by atoms with van der Waals surface area (Å²) in [6.45, 7) is 7.14. The van der Waals surface area contributed by atoms with Gasteiger partial charge in [-0.15, -0.1) is 0 Å². The normalized spacial score (nSPS) is 15.6. The van der Waals surface area contributed by atoms with E-state index in [-0.39, 0.29) is 35.4 Å². The van der Waals surface area contributed by atoms with E-state index in [1.807, 2.05) is 18.2 Å². The number of phenols is 1. The van der Waals surface area contributed by atoms with Gasteiger partial charge in [-0.05, 0) is 23.8 Å². The molecule has 9 nitrogen and oxygen atoms in total. The molecular weight excluding hydrogens is 413 g/mol. The van der Waals surface area contributed by atoms with Crippen molar-refractivity contribution in [2.24, 2.45) is 0 Å². The van der Waals surface area contributed by atoms with Crippen LogP contribution in [0.5, 0.6) is 5.75 Å². The molecule has 1 aliphatic rings. The first-order chi connectivity index (χ1) is 15.5. The highest BCUT2D eigenvalue weighted by atomic mass is 19.1. The zero-order valence-corrected chi connectivity index (χ0v) is 16.6. The maximum absolute atomic E-state index is 14.0. The molecule has 10 heteroatoms. The molecule has 0 saturated heterocycles. The highest BCUT2D eigenvalue weighted by molar-refractivity contribution is 6.02. The van der Waals surface area contributed by atoms with E-state index >= 15 is 0 Å². The summed E-state index contributed by atoms with van der Waals surface area (Å²) in [5.74, 6) is -1.12. The molecule has 3 N–H and O–H groups in total. The molecule has 1 amide bonds. The largest absolute Gasteiger partial charge is 0.508 e. The summed E-state index contributed by atoms with van der Waals surface area (Å²) in [6.07, 6.45) is 1.60. The number of carbonyl (C=O) groups is 1. The Kier molecular flexibility index (Phi) is 4.44. The number of nitrogens with zero attached hydrogens (tertiary/aromatic N) is 6. The minimum absolute atomic E-state index is 0.113. The van der Waals surface area contributed by atoms with E-state index in [0.717, 1.165) is 11.6 Å². The number of nitrogen functional groups attached to an aromatic ring is 1. The van der Waals surface area contributed by atoms with Crippen LogP contribution < -0.4 is 10.6 Å². The maximum Gasteiger partial charge on any atom is 0.295 e. The molecule has 0 saturated carbocycles. The molecule has 1 atom stereocenters. The van der Waals surface area contributed by atoms with E-state index in [9.17, 15) is 14.3 Å². The number of anilines is 2. The molecular formula is C22H16FN7O2. The average molecular weight is 429 g/mol. The number of carbonyl (C=O) groups excluding carboxylic acids is 1. The lowest BCUT2D eigenvalue weighted by atomic mass is 9.97. The number of hydrogen-bond acceptors (Lipinski definition) is 6. The topological polar surface area (TPSA) is 115 Å². The molecule has 5 rings (SSSR count). The number of fused-ring (bicyclic) bond motifs is 2. The Labute approximate surface area is 181 Å². The lowest BCUT2D eigenvalue weighted by Crippen LogP contribution is -2.42. The molecule has 2 aromatic carbocycles. The highest BCUT2D eigenvalue weighted by Gasteiger charge is 2.37. The highest BCUT2D eigenvalue weighted by Crippen LogP contribution is 2.37.